The van der Waals surface area contributed by atoms with Crippen molar-refractivity contribution in [1.82, 2.24) is 15.1 Å². The fourth-order valence-electron chi connectivity index (χ4n) is 2.10. The summed E-state index contributed by atoms with van der Waals surface area (Å²) >= 11 is 2.94. The number of carbonyl (C=O) groups excluding carboxylic acids is 2. The lowest BCUT2D eigenvalue weighted by Gasteiger charge is -2.21. The van der Waals surface area contributed by atoms with Gasteiger partial charge in [0.25, 0.3) is 0 Å². The molecule has 6 nitrogen and oxygen atoms in total. The number of carbonyl (C=O) groups is 2. The van der Waals surface area contributed by atoms with E-state index in [2.05, 4.69) is 22.4 Å². The standard InChI is InChI=1S/C16H22N4O2S2/c1-4-6-9-20(10-12-8-7-11(3)23-12)15(22)14(21)17-16-19-18-13(5-2)24-16/h7-8H,4-6,9-10H2,1-3H3,(H,17,19,21). The Balaban J connectivity index is 2.03. The lowest BCUT2D eigenvalue weighted by molar-refractivity contribution is -0.143. The summed E-state index contributed by atoms with van der Waals surface area (Å²) in [5.74, 6) is -1.18. The second-order valence-electron chi connectivity index (χ2n) is 5.40. The van der Waals surface area contributed by atoms with E-state index in [9.17, 15) is 9.59 Å². The number of unbranched alkanes of at least 4 members (excludes halogenated alkanes) is 1. The first-order valence-electron chi connectivity index (χ1n) is 8.01. The summed E-state index contributed by atoms with van der Waals surface area (Å²) in [6.45, 7) is 7.08. The monoisotopic (exact) mass is 366 g/mol. The first kappa shape index (κ1) is 18.5. The van der Waals surface area contributed by atoms with Crippen molar-refractivity contribution in [3.8, 4) is 0 Å². The van der Waals surface area contributed by atoms with Gasteiger partial charge in [-0.1, -0.05) is 31.6 Å². The maximum Gasteiger partial charge on any atom is 0.315 e. The van der Waals surface area contributed by atoms with Gasteiger partial charge >= 0.3 is 11.8 Å². The molecule has 0 unspecified atom stereocenters. The van der Waals surface area contributed by atoms with Crippen LogP contribution in [0.3, 0.4) is 0 Å². The molecule has 2 aromatic rings. The van der Waals surface area contributed by atoms with Crippen LogP contribution >= 0.6 is 22.7 Å². The molecule has 0 aromatic carbocycles. The van der Waals surface area contributed by atoms with Crippen molar-refractivity contribution in [1.29, 1.82) is 0 Å². The molecule has 0 radical (unpaired) electrons. The largest absolute Gasteiger partial charge is 0.329 e. The van der Waals surface area contributed by atoms with Gasteiger partial charge in [-0.3, -0.25) is 14.9 Å². The number of rotatable bonds is 7. The molecule has 1 N–H and O–H groups in total. The lowest BCUT2D eigenvalue weighted by atomic mass is 10.3. The number of thiophene rings is 1. The van der Waals surface area contributed by atoms with E-state index in [1.807, 2.05) is 26.0 Å². The van der Waals surface area contributed by atoms with E-state index in [1.165, 1.54) is 16.2 Å². The van der Waals surface area contributed by atoms with Gasteiger partial charge < -0.3 is 4.90 Å². The van der Waals surface area contributed by atoms with Gasteiger partial charge in [0.2, 0.25) is 5.13 Å². The highest BCUT2D eigenvalue weighted by Gasteiger charge is 2.23. The first-order valence-corrected chi connectivity index (χ1v) is 9.64. The van der Waals surface area contributed by atoms with Crippen LogP contribution in [0, 0.1) is 6.92 Å². The van der Waals surface area contributed by atoms with E-state index in [0.717, 1.165) is 29.1 Å². The third-order valence-corrected chi connectivity index (χ3v) is 5.36. The van der Waals surface area contributed by atoms with Crippen LogP contribution in [0.1, 0.15) is 41.5 Å². The lowest BCUT2D eigenvalue weighted by Crippen LogP contribution is -2.39. The maximum absolute atomic E-state index is 12.5. The second kappa shape index (κ2) is 8.89. The molecule has 2 rings (SSSR count). The van der Waals surface area contributed by atoms with Crippen molar-refractivity contribution in [3.05, 3.63) is 26.9 Å². The third kappa shape index (κ3) is 5.10. The molecule has 24 heavy (non-hydrogen) atoms. The van der Waals surface area contributed by atoms with Gasteiger partial charge in [-0.15, -0.1) is 21.5 Å². The Labute approximate surface area is 149 Å². The van der Waals surface area contributed by atoms with Crippen molar-refractivity contribution >= 4 is 39.6 Å². The Morgan fingerprint density at radius 1 is 1.21 bits per heavy atom. The minimum Gasteiger partial charge on any atom is -0.329 e. The number of aryl methyl sites for hydroxylation is 2. The quantitative estimate of drug-likeness (QED) is 0.763. The predicted octanol–water partition coefficient (Wildman–Crippen LogP) is 3.24. The van der Waals surface area contributed by atoms with Crippen molar-refractivity contribution in [3.63, 3.8) is 0 Å². The van der Waals surface area contributed by atoms with Crippen molar-refractivity contribution in [2.24, 2.45) is 0 Å². The predicted molar refractivity (Wildman–Crippen MR) is 97.3 cm³/mol. The summed E-state index contributed by atoms with van der Waals surface area (Å²) in [5, 5.41) is 11.6. The van der Waals surface area contributed by atoms with Crippen molar-refractivity contribution in [2.45, 2.75) is 46.6 Å². The van der Waals surface area contributed by atoms with Gasteiger partial charge in [0, 0.05) is 16.3 Å². The fraction of sp³-hybridized carbons (Fsp3) is 0.500. The molecule has 0 atom stereocenters. The highest BCUT2D eigenvalue weighted by Crippen LogP contribution is 2.19. The molecular weight excluding hydrogens is 344 g/mol. The summed E-state index contributed by atoms with van der Waals surface area (Å²) in [6, 6.07) is 4.03. The molecular formula is C16H22N4O2S2. The van der Waals surface area contributed by atoms with Crippen LogP contribution in [0.2, 0.25) is 0 Å². The minimum atomic E-state index is -0.654. The molecule has 130 valence electrons. The Morgan fingerprint density at radius 3 is 2.58 bits per heavy atom. The number of amides is 2. The Bertz CT molecular complexity index is 696. The van der Waals surface area contributed by atoms with Crippen LogP contribution in [-0.2, 0) is 22.6 Å². The second-order valence-corrected chi connectivity index (χ2v) is 7.84. The van der Waals surface area contributed by atoms with Crippen LogP contribution < -0.4 is 5.32 Å². The SMILES string of the molecule is CCCCN(Cc1ccc(C)s1)C(=O)C(=O)Nc1nnc(CC)s1. The van der Waals surface area contributed by atoms with Gasteiger partial charge in [-0.05, 0) is 31.9 Å². The number of nitrogens with zero attached hydrogens (tertiary/aromatic N) is 3. The number of hydrogen-bond acceptors (Lipinski definition) is 6. The molecule has 0 aliphatic carbocycles. The molecule has 0 saturated carbocycles. The number of hydrogen-bond donors (Lipinski definition) is 1. The van der Waals surface area contributed by atoms with E-state index < -0.39 is 11.8 Å². The summed E-state index contributed by atoms with van der Waals surface area (Å²) in [7, 11) is 0. The van der Waals surface area contributed by atoms with E-state index in [1.54, 1.807) is 16.2 Å². The first-order chi connectivity index (χ1) is 11.5. The molecule has 8 heteroatoms. The van der Waals surface area contributed by atoms with Crippen LogP contribution in [0.25, 0.3) is 0 Å². The van der Waals surface area contributed by atoms with Crippen LogP contribution in [-0.4, -0.2) is 33.5 Å². The van der Waals surface area contributed by atoms with Gasteiger partial charge in [0.1, 0.15) is 5.01 Å². The van der Waals surface area contributed by atoms with Gasteiger partial charge in [0.15, 0.2) is 0 Å². The molecule has 0 aliphatic rings. The van der Waals surface area contributed by atoms with Crippen LogP contribution in [0.15, 0.2) is 12.1 Å². The van der Waals surface area contributed by atoms with Gasteiger partial charge in [0.05, 0.1) is 6.54 Å². The van der Waals surface area contributed by atoms with Crippen molar-refractivity contribution in [2.75, 3.05) is 11.9 Å². The molecule has 2 amide bonds. The molecule has 0 spiro atoms. The zero-order valence-corrected chi connectivity index (χ0v) is 15.8. The third-order valence-electron chi connectivity index (χ3n) is 3.40. The number of nitrogens with one attached hydrogen (secondary N) is 1. The summed E-state index contributed by atoms with van der Waals surface area (Å²) in [4.78, 5) is 28.6. The van der Waals surface area contributed by atoms with E-state index in [4.69, 9.17) is 0 Å². The minimum absolute atomic E-state index is 0.368. The van der Waals surface area contributed by atoms with Crippen LogP contribution in [0.4, 0.5) is 5.13 Å². The van der Waals surface area contributed by atoms with E-state index >= 15 is 0 Å². The average Bonchev–Trinajstić information content (AvgIpc) is 3.19. The topological polar surface area (TPSA) is 75.2 Å². The molecule has 0 aliphatic heterocycles. The zero-order valence-electron chi connectivity index (χ0n) is 14.2. The molecule has 0 saturated heterocycles. The van der Waals surface area contributed by atoms with E-state index in [0.29, 0.717) is 18.2 Å². The van der Waals surface area contributed by atoms with Gasteiger partial charge in [-0.2, -0.15) is 0 Å². The summed E-state index contributed by atoms with van der Waals surface area (Å²) < 4.78 is 0. The maximum atomic E-state index is 12.5. The highest BCUT2D eigenvalue weighted by molar-refractivity contribution is 7.15. The normalized spacial score (nSPS) is 10.6. The molecule has 2 heterocycles. The smallest absolute Gasteiger partial charge is 0.315 e. The van der Waals surface area contributed by atoms with Crippen molar-refractivity contribution < 1.29 is 9.59 Å². The molecule has 0 bridgehead atoms. The highest BCUT2D eigenvalue weighted by atomic mass is 32.1. The van der Waals surface area contributed by atoms with Gasteiger partial charge in [-0.25, -0.2) is 0 Å². The molecule has 2 aromatic heterocycles. The van der Waals surface area contributed by atoms with E-state index in [-0.39, 0.29) is 0 Å². The number of aromatic nitrogens is 2. The summed E-state index contributed by atoms with van der Waals surface area (Å²) in [5.41, 5.74) is 0. The fourth-order valence-corrected chi connectivity index (χ4v) is 3.68. The molecule has 0 fully saturated rings. The Kier molecular flexibility index (Phi) is 6.86. The average molecular weight is 367 g/mol. The number of anilines is 1. The zero-order chi connectivity index (χ0) is 17.5. The Morgan fingerprint density at radius 2 is 2.00 bits per heavy atom. The van der Waals surface area contributed by atoms with Crippen LogP contribution in [0.5, 0.6) is 0 Å². The Hall–Kier alpha value is -1.80. The summed E-state index contributed by atoms with van der Waals surface area (Å²) in [6.07, 6.45) is 2.58.